The first-order chi connectivity index (χ1) is 15.3. The van der Waals surface area contributed by atoms with Crippen LogP contribution in [0.15, 0.2) is 60.9 Å². The molecule has 1 aliphatic rings. The van der Waals surface area contributed by atoms with Crippen molar-refractivity contribution < 1.29 is 23.2 Å². The maximum Gasteiger partial charge on any atom is 0.373 e. The molecule has 32 heavy (non-hydrogen) atoms. The Balaban J connectivity index is 1.57. The summed E-state index contributed by atoms with van der Waals surface area (Å²) in [4.78, 5) is 32.8. The van der Waals surface area contributed by atoms with Crippen LogP contribution in [0.25, 0.3) is 0 Å². The molecule has 1 aromatic heterocycles. The number of piperidine rings is 1. The van der Waals surface area contributed by atoms with Gasteiger partial charge in [0.25, 0.3) is 5.92 Å². The monoisotopic (exact) mass is 440 g/mol. The van der Waals surface area contributed by atoms with Gasteiger partial charge in [0.05, 0.1) is 4.92 Å². The lowest BCUT2D eigenvalue weighted by atomic mass is 10.0. The van der Waals surface area contributed by atoms with Crippen LogP contribution in [0.5, 0.6) is 11.6 Å². The van der Waals surface area contributed by atoms with Crippen molar-refractivity contribution >= 4 is 17.3 Å². The molecule has 0 aliphatic carbocycles. The van der Waals surface area contributed by atoms with Gasteiger partial charge in [0, 0.05) is 37.1 Å². The van der Waals surface area contributed by atoms with E-state index in [4.69, 9.17) is 4.74 Å². The van der Waals surface area contributed by atoms with Crippen LogP contribution in [0.4, 0.5) is 20.3 Å². The Morgan fingerprint density at radius 3 is 2.25 bits per heavy atom. The molecule has 8 nitrogen and oxygen atoms in total. The van der Waals surface area contributed by atoms with Gasteiger partial charge in [0.2, 0.25) is 5.82 Å². The zero-order valence-electron chi connectivity index (χ0n) is 16.8. The van der Waals surface area contributed by atoms with Crippen LogP contribution in [0.2, 0.25) is 0 Å². The molecule has 0 radical (unpaired) electrons. The van der Waals surface area contributed by atoms with Gasteiger partial charge in [-0.1, -0.05) is 30.3 Å². The zero-order valence-corrected chi connectivity index (χ0v) is 16.8. The molecule has 4 rings (SSSR count). The van der Waals surface area contributed by atoms with Crippen molar-refractivity contribution in [1.82, 2.24) is 9.97 Å². The zero-order chi connectivity index (χ0) is 22.7. The molecule has 0 bridgehead atoms. The molecular formula is C22H18F2N4O4. The standard InChI is InChI=1S/C22H18F2N4O4/c23-22(24)10-12-27(13-11-22)20-18(28(30)31)21(26-14-25-20)32-17-8-6-16(7-9-17)19(29)15-4-2-1-3-5-15/h1-9,14H,10-13H2. The summed E-state index contributed by atoms with van der Waals surface area (Å²) in [5.74, 6) is -3.11. The number of anilines is 1. The third-order valence-corrected chi connectivity index (χ3v) is 5.11. The number of carbonyl (C=O) groups excluding carboxylic acids is 1. The smallest absolute Gasteiger partial charge is 0.373 e. The number of alkyl halides is 2. The van der Waals surface area contributed by atoms with Gasteiger partial charge < -0.3 is 9.64 Å². The quantitative estimate of drug-likeness (QED) is 0.313. The van der Waals surface area contributed by atoms with Crippen molar-refractivity contribution in [2.75, 3.05) is 18.0 Å². The van der Waals surface area contributed by atoms with Gasteiger partial charge in [0.15, 0.2) is 5.78 Å². The van der Waals surface area contributed by atoms with Crippen LogP contribution in [0, 0.1) is 10.1 Å². The van der Waals surface area contributed by atoms with Gasteiger partial charge in [0.1, 0.15) is 12.1 Å². The lowest BCUT2D eigenvalue weighted by Crippen LogP contribution is -2.40. The van der Waals surface area contributed by atoms with Gasteiger partial charge in [-0.05, 0) is 24.3 Å². The van der Waals surface area contributed by atoms with Crippen molar-refractivity contribution in [2.24, 2.45) is 0 Å². The summed E-state index contributed by atoms with van der Waals surface area (Å²) >= 11 is 0. The van der Waals surface area contributed by atoms with Crippen molar-refractivity contribution in [1.29, 1.82) is 0 Å². The Morgan fingerprint density at radius 2 is 1.62 bits per heavy atom. The molecule has 164 valence electrons. The average molecular weight is 440 g/mol. The molecule has 3 aromatic rings. The maximum atomic E-state index is 13.5. The second kappa shape index (κ2) is 8.66. The largest absolute Gasteiger partial charge is 0.434 e. The van der Waals surface area contributed by atoms with Crippen molar-refractivity contribution in [3.8, 4) is 11.6 Å². The van der Waals surface area contributed by atoms with Crippen LogP contribution < -0.4 is 9.64 Å². The van der Waals surface area contributed by atoms with E-state index in [0.29, 0.717) is 11.1 Å². The van der Waals surface area contributed by atoms with E-state index in [1.807, 2.05) is 6.07 Å². The highest BCUT2D eigenvalue weighted by Crippen LogP contribution is 2.38. The molecule has 2 aromatic carbocycles. The number of halogens is 2. The number of nitrogens with zero attached hydrogens (tertiary/aromatic N) is 4. The summed E-state index contributed by atoms with van der Waals surface area (Å²) in [6.07, 6.45) is 0.264. The highest BCUT2D eigenvalue weighted by molar-refractivity contribution is 6.08. The molecule has 10 heteroatoms. The topological polar surface area (TPSA) is 98.5 Å². The Kier molecular flexibility index (Phi) is 5.76. The van der Waals surface area contributed by atoms with Crippen LogP contribution in [-0.4, -0.2) is 39.7 Å². The minimum atomic E-state index is -2.80. The molecule has 0 amide bonds. The summed E-state index contributed by atoms with van der Waals surface area (Å²) < 4.78 is 32.6. The number of ketones is 1. The van der Waals surface area contributed by atoms with E-state index < -0.39 is 29.4 Å². The van der Waals surface area contributed by atoms with Crippen LogP contribution in [0.1, 0.15) is 28.8 Å². The Hall–Kier alpha value is -3.95. The highest BCUT2D eigenvalue weighted by atomic mass is 19.3. The number of rotatable bonds is 6. The number of carbonyl (C=O) groups is 1. The molecule has 0 unspecified atom stereocenters. The highest BCUT2D eigenvalue weighted by Gasteiger charge is 2.37. The van der Waals surface area contributed by atoms with E-state index in [9.17, 15) is 23.7 Å². The van der Waals surface area contributed by atoms with E-state index in [1.54, 1.807) is 36.4 Å². The molecule has 0 spiro atoms. The van der Waals surface area contributed by atoms with Crippen LogP contribution in [0.3, 0.4) is 0 Å². The second-order valence-electron chi connectivity index (χ2n) is 7.27. The van der Waals surface area contributed by atoms with E-state index >= 15 is 0 Å². The van der Waals surface area contributed by atoms with Gasteiger partial charge in [-0.3, -0.25) is 14.9 Å². The number of hydrogen-bond acceptors (Lipinski definition) is 7. The van der Waals surface area contributed by atoms with Gasteiger partial charge >= 0.3 is 11.6 Å². The van der Waals surface area contributed by atoms with Gasteiger partial charge in [-0.2, -0.15) is 4.98 Å². The Bertz CT molecular complexity index is 1130. The Labute approximate surface area is 181 Å². The summed E-state index contributed by atoms with van der Waals surface area (Å²) in [5, 5.41) is 11.7. The number of aromatic nitrogens is 2. The first kappa shape index (κ1) is 21.3. The fourth-order valence-corrected chi connectivity index (χ4v) is 3.41. The number of benzene rings is 2. The predicted octanol–water partition coefficient (Wildman–Crippen LogP) is 4.64. The molecule has 1 saturated heterocycles. The van der Waals surface area contributed by atoms with E-state index in [0.717, 1.165) is 6.33 Å². The lowest BCUT2D eigenvalue weighted by molar-refractivity contribution is -0.385. The molecule has 0 saturated carbocycles. The minimum Gasteiger partial charge on any atom is -0.434 e. The third-order valence-electron chi connectivity index (χ3n) is 5.11. The fourth-order valence-electron chi connectivity index (χ4n) is 3.41. The van der Waals surface area contributed by atoms with E-state index in [2.05, 4.69) is 9.97 Å². The first-order valence-electron chi connectivity index (χ1n) is 9.84. The number of nitro groups is 1. The number of ether oxygens (including phenoxy) is 1. The molecular weight excluding hydrogens is 422 g/mol. The predicted molar refractivity (Wildman–Crippen MR) is 111 cm³/mol. The average Bonchev–Trinajstić information content (AvgIpc) is 2.79. The van der Waals surface area contributed by atoms with E-state index in [-0.39, 0.29) is 36.3 Å². The normalized spacial score (nSPS) is 15.2. The lowest BCUT2D eigenvalue weighted by Gasteiger charge is -2.32. The maximum absolute atomic E-state index is 13.5. The van der Waals surface area contributed by atoms with Crippen LogP contribution >= 0.6 is 0 Å². The van der Waals surface area contributed by atoms with E-state index in [1.165, 1.54) is 17.0 Å². The minimum absolute atomic E-state index is 0.0635. The van der Waals surface area contributed by atoms with Crippen molar-refractivity contribution in [2.45, 2.75) is 18.8 Å². The van der Waals surface area contributed by atoms with Crippen molar-refractivity contribution in [3.05, 3.63) is 82.2 Å². The fraction of sp³-hybridized carbons (Fsp3) is 0.227. The van der Waals surface area contributed by atoms with Crippen LogP contribution in [-0.2, 0) is 0 Å². The summed E-state index contributed by atoms with van der Waals surface area (Å²) in [6, 6.07) is 14.8. The second-order valence-corrected chi connectivity index (χ2v) is 7.27. The third kappa shape index (κ3) is 4.53. The SMILES string of the molecule is O=C(c1ccccc1)c1ccc(Oc2ncnc(N3CCC(F)(F)CC3)c2[N+](=O)[O-])cc1. The summed E-state index contributed by atoms with van der Waals surface area (Å²) in [7, 11) is 0. The molecule has 0 N–H and O–H groups in total. The number of hydrogen-bond donors (Lipinski definition) is 0. The Morgan fingerprint density at radius 1 is 1.00 bits per heavy atom. The molecule has 0 atom stereocenters. The summed E-state index contributed by atoms with van der Waals surface area (Å²) in [6.45, 7) is -0.138. The molecule has 2 heterocycles. The summed E-state index contributed by atoms with van der Waals surface area (Å²) in [5.41, 5.74) is 0.460. The van der Waals surface area contributed by atoms with Crippen molar-refractivity contribution in [3.63, 3.8) is 0 Å². The van der Waals surface area contributed by atoms with Gasteiger partial charge in [-0.25, -0.2) is 13.8 Å². The first-order valence-corrected chi connectivity index (χ1v) is 9.84. The van der Waals surface area contributed by atoms with Gasteiger partial charge in [-0.15, -0.1) is 0 Å². The molecule has 1 fully saturated rings. The molecule has 1 aliphatic heterocycles.